The molecule has 2 N–H and O–H groups in total. The van der Waals surface area contributed by atoms with Crippen molar-refractivity contribution in [3.63, 3.8) is 0 Å². The molecule has 2 aliphatic rings. The van der Waals surface area contributed by atoms with Gasteiger partial charge in [-0.1, -0.05) is 19.3 Å². The first-order valence-electron chi connectivity index (χ1n) is 8.43. The molecule has 0 aromatic heterocycles. The number of nitrogens with one attached hydrogen (secondary N) is 1. The molecule has 0 radical (unpaired) electrons. The molecule has 5 nitrogen and oxygen atoms in total. The summed E-state index contributed by atoms with van der Waals surface area (Å²) >= 11 is 0. The van der Waals surface area contributed by atoms with Crippen molar-refractivity contribution in [1.82, 2.24) is 9.62 Å². The van der Waals surface area contributed by atoms with Crippen molar-refractivity contribution in [1.29, 1.82) is 0 Å². The lowest BCUT2D eigenvalue weighted by atomic mass is 10.0. The molecule has 1 saturated heterocycles. The lowest BCUT2D eigenvalue weighted by Crippen LogP contribution is -2.43. The minimum atomic E-state index is -3.10. The highest BCUT2D eigenvalue weighted by Crippen LogP contribution is 2.25. The highest BCUT2D eigenvalue weighted by molar-refractivity contribution is 7.89. The second-order valence-corrected chi connectivity index (χ2v) is 8.40. The second kappa shape index (κ2) is 8.46. The van der Waals surface area contributed by atoms with Crippen molar-refractivity contribution in [2.75, 3.05) is 32.0 Å². The molecule has 124 valence electrons. The predicted octanol–water partition coefficient (Wildman–Crippen LogP) is 1.33. The van der Waals surface area contributed by atoms with Crippen LogP contribution in [-0.2, 0) is 10.0 Å². The molecule has 1 aliphatic heterocycles. The molecule has 1 heterocycles. The Morgan fingerprint density at radius 1 is 1.10 bits per heavy atom. The first-order chi connectivity index (χ1) is 10.1. The quantitative estimate of drug-likeness (QED) is 0.663. The summed E-state index contributed by atoms with van der Waals surface area (Å²) in [6, 6.07) is 0.272. The van der Waals surface area contributed by atoms with Crippen molar-refractivity contribution < 1.29 is 13.5 Å². The maximum absolute atomic E-state index is 12.0. The summed E-state index contributed by atoms with van der Waals surface area (Å²) in [5, 5.41) is 9.35. The number of aliphatic hydroxyl groups excluding tert-OH is 1. The van der Waals surface area contributed by atoms with Gasteiger partial charge in [0.25, 0.3) is 0 Å². The highest BCUT2D eigenvalue weighted by Gasteiger charge is 2.23. The van der Waals surface area contributed by atoms with Gasteiger partial charge in [-0.05, 0) is 51.1 Å². The van der Waals surface area contributed by atoms with Crippen LogP contribution in [0.2, 0.25) is 0 Å². The molecule has 0 spiro atoms. The molecule has 6 heteroatoms. The number of nitrogens with zero attached hydrogens (tertiary/aromatic N) is 1. The number of aliphatic hydroxyl groups is 1. The van der Waals surface area contributed by atoms with E-state index in [1.165, 1.54) is 25.7 Å². The minimum Gasteiger partial charge on any atom is -0.395 e. The van der Waals surface area contributed by atoms with E-state index < -0.39 is 10.0 Å². The fourth-order valence-corrected chi connectivity index (χ4v) is 5.14. The lowest BCUT2D eigenvalue weighted by molar-refractivity contribution is 0.0896. The van der Waals surface area contributed by atoms with E-state index in [0.29, 0.717) is 18.2 Å². The summed E-state index contributed by atoms with van der Waals surface area (Å²) in [7, 11) is -3.10. The van der Waals surface area contributed by atoms with E-state index >= 15 is 0 Å². The van der Waals surface area contributed by atoms with Gasteiger partial charge in [-0.15, -0.1) is 0 Å². The number of sulfonamides is 1. The zero-order chi connectivity index (χ0) is 15.1. The Bertz CT molecular complexity index is 394. The molecule has 0 unspecified atom stereocenters. The third-order valence-corrected chi connectivity index (χ3v) is 6.39. The Balaban J connectivity index is 1.63. The molecule has 0 amide bonds. The molecular weight excluding hydrogens is 288 g/mol. The first-order valence-corrected chi connectivity index (χ1v) is 10.1. The van der Waals surface area contributed by atoms with Gasteiger partial charge in [0.1, 0.15) is 0 Å². The number of likely N-dealkylation sites (tertiary alicyclic amines) is 1. The molecule has 0 aromatic carbocycles. The first kappa shape index (κ1) is 17.2. The van der Waals surface area contributed by atoms with E-state index in [9.17, 15) is 13.5 Å². The largest absolute Gasteiger partial charge is 0.395 e. The lowest BCUT2D eigenvalue weighted by Gasteiger charge is -2.34. The zero-order valence-corrected chi connectivity index (χ0v) is 13.8. The van der Waals surface area contributed by atoms with Crippen LogP contribution in [0, 0.1) is 5.92 Å². The van der Waals surface area contributed by atoms with Crippen LogP contribution in [0.4, 0.5) is 0 Å². The van der Waals surface area contributed by atoms with E-state index in [-0.39, 0.29) is 12.6 Å². The highest BCUT2D eigenvalue weighted by atomic mass is 32.2. The smallest absolute Gasteiger partial charge is 0.211 e. The maximum atomic E-state index is 12.0. The Hall–Kier alpha value is -0.170. The van der Waals surface area contributed by atoms with Crippen LogP contribution in [0.15, 0.2) is 0 Å². The van der Waals surface area contributed by atoms with Crippen LogP contribution in [0.5, 0.6) is 0 Å². The van der Waals surface area contributed by atoms with E-state index in [0.717, 1.165) is 38.8 Å². The van der Waals surface area contributed by atoms with Crippen LogP contribution in [0.1, 0.15) is 51.4 Å². The minimum absolute atomic E-state index is 0.216. The topological polar surface area (TPSA) is 69.6 Å². The van der Waals surface area contributed by atoms with Gasteiger partial charge in [-0.2, -0.15) is 0 Å². The Morgan fingerprint density at radius 3 is 2.52 bits per heavy atom. The van der Waals surface area contributed by atoms with Gasteiger partial charge in [0, 0.05) is 12.6 Å². The molecule has 1 aliphatic carbocycles. The Labute approximate surface area is 129 Å². The van der Waals surface area contributed by atoms with Crippen LogP contribution >= 0.6 is 0 Å². The third kappa shape index (κ3) is 5.85. The summed E-state index contributed by atoms with van der Waals surface area (Å²) in [6.45, 7) is 2.63. The summed E-state index contributed by atoms with van der Waals surface area (Å²) < 4.78 is 26.7. The summed E-state index contributed by atoms with van der Waals surface area (Å²) in [5.74, 6) is 0.666. The van der Waals surface area contributed by atoms with Crippen LogP contribution < -0.4 is 4.72 Å². The van der Waals surface area contributed by atoms with Crippen molar-refractivity contribution >= 4 is 10.0 Å². The third-order valence-electron chi connectivity index (χ3n) is 4.83. The fraction of sp³-hybridized carbons (Fsp3) is 1.00. The Kier molecular flexibility index (Phi) is 6.92. The molecule has 1 saturated carbocycles. The number of hydrogen-bond donors (Lipinski definition) is 2. The van der Waals surface area contributed by atoms with Gasteiger partial charge < -0.3 is 5.11 Å². The van der Waals surface area contributed by atoms with Crippen LogP contribution in [-0.4, -0.2) is 56.5 Å². The molecule has 1 atom stereocenters. The molecular formula is C15H30N2O3S. The van der Waals surface area contributed by atoms with Gasteiger partial charge in [-0.3, -0.25) is 4.90 Å². The number of piperidine rings is 1. The zero-order valence-electron chi connectivity index (χ0n) is 13.0. The standard InChI is InChI=1S/C15H30N2O3S/c18-12-15-8-3-4-10-17(15)11-5-9-16-21(19,20)13-14-6-1-2-7-14/h14-16,18H,1-13H2/t15-/m1/s1. The van der Waals surface area contributed by atoms with Crippen molar-refractivity contribution in [2.45, 2.75) is 57.4 Å². The van der Waals surface area contributed by atoms with E-state index in [2.05, 4.69) is 9.62 Å². The van der Waals surface area contributed by atoms with Gasteiger partial charge in [0.05, 0.1) is 12.4 Å². The Morgan fingerprint density at radius 2 is 1.81 bits per heavy atom. The van der Waals surface area contributed by atoms with Crippen molar-refractivity contribution in [2.24, 2.45) is 5.92 Å². The van der Waals surface area contributed by atoms with Crippen LogP contribution in [0.3, 0.4) is 0 Å². The van der Waals surface area contributed by atoms with Crippen molar-refractivity contribution in [3.8, 4) is 0 Å². The summed E-state index contributed by atoms with van der Waals surface area (Å²) in [6.07, 6.45) is 8.74. The van der Waals surface area contributed by atoms with Crippen molar-refractivity contribution in [3.05, 3.63) is 0 Å². The molecule has 2 rings (SSSR count). The molecule has 21 heavy (non-hydrogen) atoms. The molecule has 0 bridgehead atoms. The average Bonchev–Trinajstić information content (AvgIpc) is 2.96. The average molecular weight is 318 g/mol. The summed E-state index contributed by atoms with van der Waals surface area (Å²) in [4.78, 5) is 2.30. The van der Waals surface area contributed by atoms with E-state index in [1.54, 1.807) is 0 Å². The monoisotopic (exact) mass is 318 g/mol. The summed E-state index contributed by atoms with van der Waals surface area (Å²) in [5.41, 5.74) is 0. The van der Waals surface area contributed by atoms with E-state index in [1.807, 2.05) is 0 Å². The SMILES string of the molecule is O=S(=O)(CC1CCCC1)NCCCN1CCCC[C@@H]1CO. The van der Waals surface area contributed by atoms with Gasteiger partial charge in [-0.25, -0.2) is 13.1 Å². The normalized spacial score (nSPS) is 25.5. The predicted molar refractivity (Wildman–Crippen MR) is 84.7 cm³/mol. The van der Waals surface area contributed by atoms with Gasteiger partial charge in [0.15, 0.2) is 0 Å². The molecule has 0 aromatic rings. The number of rotatable bonds is 8. The van der Waals surface area contributed by atoms with E-state index in [4.69, 9.17) is 0 Å². The second-order valence-electron chi connectivity index (χ2n) is 6.55. The fourth-order valence-electron chi connectivity index (χ4n) is 3.62. The van der Waals surface area contributed by atoms with Gasteiger partial charge in [0.2, 0.25) is 10.0 Å². The maximum Gasteiger partial charge on any atom is 0.211 e. The number of hydrogen-bond acceptors (Lipinski definition) is 4. The molecule has 2 fully saturated rings. The van der Waals surface area contributed by atoms with Gasteiger partial charge >= 0.3 is 0 Å². The van der Waals surface area contributed by atoms with Crippen LogP contribution in [0.25, 0.3) is 0 Å².